The number of rotatable bonds is 9. The third kappa shape index (κ3) is 6.96. The summed E-state index contributed by atoms with van der Waals surface area (Å²) < 4.78 is 4.56. The van der Waals surface area contributed by atoms with Crippen LogP contribution in [0.1, 0.15) is 39.0 Å². The van der Waals surface area contributed by atoms with E-state index >= 15 is 0 Å². The third-order valence-electron chi connectivity index (χ3n) is 5.06. The van der Waals surface area contributed by atoms with Gasteiger partial charge in [0.2, 0.25) is 11.8 Å². The fourth-order valence-electron chi connectivity index (χ4n) is 3.58. The van der Waals surface area contributed by atoms with E-state index in [0.717, 1.165) is 38.2 Å². The molecule has 0 bridgehead atoms. The van der Waals surface area contributed by atoms with E-state index in [1.165, 1.54) is 7.11 Å². The van der Waals surface area contributed by atoms with Crippen LogP contribution in [0.3, 0.4) is 0 Å². The highest BCUT2D eigenvalue weighted by Gasteiger charge is 2.27. The van der Waals surface area contributed by atoms with Gasteiger partial charge in [0, 0.05) is 57.7 Å². The summed E-state index contributed by atoms with van der Waals surface area (Å²) in [5, 5.41) is 2.90. The van der Waals surface area contributed by atoms with Gasteiger partial charge < -0.3 is 19.9 Å². The van der Waals surface area contributed by atoms with E-state index in [9.17, 15) is 14.4 Å². The van der Waals surface area contributed by atoms with E-state index in [-0.39, 0.29) is 30.2 Å². The van der Waals surface area contributed by atoms with Gasteiger partial charge in [-0.25, -0.2) is 0 Å². The number of esters is 1. The Kier molecular flexibility index (Phi) is 8.94. The summed E-state index contributed by atoms with van der Waals surface area (Å²) in [5.41, 5.74) is 0.952. The van der Waals surface area contributed by atoms with Gasteiger partial charge in [0.1, 0.15) is 0 Å². The number of ether oxygens (including phenoxy) is 1. The van der Waals surface area contributed by atoms with Crippen molar-refractivity contribution in [3.05, 3.63) is 30.3 Å². The highest BCUT2D eigenvalue weighted by atomic mass is 16.5. The predicted molar refractivity (Wildman–Crippen MR) is 108 cm³/mol. The quantitative estimate of drug-likeness (QED) is 0.653. The van der Waals surface area contributed by atoms with Gasteiger partial charge in [-0.1, -0.05) is 18.2 Å². The molecule has 1 heterocycles. The molecule has 0 unspecified atom stereocenters. The highest BCUT2D eigenvalue weighted by Crippen LogP contribution is 2.23. The number of para-hydroxylation sites is 1. The molecule has 1 aromatic carbocycles. The molecule has 2 amide bonds. The van der Waals surface area contributed by atoms with Crippen LogP contribution in [-0.2, 0) is 19.1 Å². The van der Waals surface area contributed by atoms with E-state index in [4.69, 9.17) is 0 Å². The lowest BCUT2D eigenvalue weighted by Crippen LogP contribution is -2.48. The van der Waals surface area contributed by atoms with Crippen LogP contribution in [0.25, 0.3) is 0 Å². The molecule has 0 saturated carbocycles. The number of hydrogen-bond acceptors (Lipinski definition) is 5. The molecule has 2 rings (SSSR count). The fourth-order valence-corrected chi connectivity index (χ4v) is 3.58. The first-order valence-electron chi connectivity index (χ1n) is 9.92. The van der Waals surface area contributed by atoms with E-state index in [2.05, 4.69) is 15.0 Å². The number of carbonyl (C=O) groups excluding carboxylic acids is 3. The van der Waals surface area contributed by atoms with Gasteiger partial charge >= 0.3 is 5.97 Å². The molecular formula is C21H31N3O4. The number of methoxy groups -OCH3 is 1. The summed E-state index contributed by atoms with van der Waals surface area (Å²) in [7, 11) is 1.35. The first kappa shape index (κ1) is 21.9. The number of anilines is 1. The SMILES string of the molecule is COC(=O)CCCC(=O)NCCN1CCC(N(C(C)=O)c2ccccc2)CC1. The van der Waals surface area contributed by atoms with Crippen molar-refractivity contribution in [3.63, 3.8) is 0 Å². The molecule has 1 aliphatic rings. The average molecular weight is 389 g/mol. The highest BCUT2D eigenvalue weighted by molar-refractivity contribution is 5.92. The summed E-state index contributed by atoms with van der Waals surface area (Å²) in [6.45, 7) is 4.81. The second kappa shape index (κ2) is 11.4. The zero-order chi connectivity index (χ0) is 20.4. The second-order valence-electron chi connectivity index (χ2n) is 7.08. The van der Waals surface area contributed by atoms with E-state index < -0.39 is 0 Å². The molecule has 0 aliphatic carbocycles. The predicted octanol–water partition coefficient (Wildman–Crippen LogP) is 1.96. The Morgan fingerprint density at radius 1 is 1.14 bits per heavy atom. The van der Waals surface area contributed by atoms with Crippen LogP contribution in [0.4, 0.5) is 5.69 Å². The van der Waals surface area contributed by atoms with Crippen LogP contribution < -0.4 is 10.2 Å². The number of piperidine rings is 1. The van der Waals surface area contributed by atoms with Crippen molar-refractivity contribution in [3.8, 4) is 0 Å². The monoisotopic (exact) mass is 389 g/mol. The van der Waals surface area contributed by atoms with Gasteiger partial charge in [0.05, 0.1) is 7.11 Å². The Balaban J connectivity index is 1.68. The number of benzene rings is 1. The van der Waals surface area contributed by atoms with E-state index in [1.807, 2.05) is 35.2 Å². The molecular weight excluding hydrogens is 358 g/mol. The van der Waals surface area contributed by atoms with Gasteiger partial charge in [-0.15, -0.1) is 0 Å². The molecule has 0 atom stereocenters. The standard InChI is InChI=1S/C21H31N3O4/c1-17(25)24(18-7-4-3-5-8-18)19-11-14-23(15-12-19)16-13-22-20(26)9-6-10-21(27)28-2/h3-5,7-8,19H,6,9-16H2,1-2H3,(H,22,26). The van der Waals surface area contributed by atoms with Gasteiger partial charge in [-0.05, 0) is 31.4 Å². The van der Waals surface area contributed by atoms with Crippen molar-refractivity contribution in [1.82, 2.24) is 10.2 Å². The fraction of sp³-hybridized carbons (Fsp3) is 0.571. The van der Waals surface area contributed by atoms with Crippen molar-refractivity contribution in [2.24, 2.45) is 0 Å². The van der Waals surface area contributed by atoms with Crippen LogP contribution in [0.15, 0.2) is 30.3 Å². The maximum absolute atomic E-state index is 12.2. The number of likely N-dealkylation sites (tertiary alicyclic amines) is 1. The summed E-state index contributed by atoms with van der Waals surface area (Å²) in [4.78, 5) is 39.2. The maximum Gasteiger partial charge on any atom is 0.305 e. The second-order valence-corrected chi connectivity index (χ2v) is 7.08. The van der Waals surface area contributed by atoms with Gasteiger partial charge in [-0.3, -0.25) is 14.4 Å². The minimum absolute atomic E-state index is 0.0365. The number of hydrogen-bond donors (Lipinski definition) is 1. The Bertz CT molecular complexity index is 642. The van der Waals surface area contributed by atoms with Crippen LogP contribution in [0, 0.1) is 0 Å². The number of carbonyl (C=O) groups is 3. The Hall–Kier alpha value is -2.41. The summed E-state index contributed by atoms with van der Waals surface area (Å²) in [6.07, 6.45) is 2.95. The number of nitrogens with one attached hydrogen (secondary N) is 1. The van der Waals surface area contributed by atoms with Crippen molar-refractivity contribution < 1.29 is 19.1 Å². The number of nitrogens with zero attached hydrogens (tertiary/aromatic N) is 2. The lowest BCUT2D eigenvalue weighted by atomic mass is 10.0. The minimum atomic E-state index is -0.286. The molecule has 28 heavy (non-hydrogen) atoms. The average Bonchev–Trinajstić information content (AvgIpc) is 2.70. The largest absolute Gasteiger partial charge is 0.469 e. The number of amides is 2. The Labute approximate surface area is 167 Å². The minimum Gasteiger partial charge on any atom is -0.469 e. The molecule has 0 spiro atoms. The van der Waals surface area contributed by atoms with Crippen molar-refractivity contribution in [1.29, 1.82) is 0 Å². The van der Waals surface area contributed by atoms with Crippen LogP contribution in [-0.4, -0.2) is 62.0 Å². The van der Waals surface area contributed by atoms with Crippen molar-refractivity contribution >= 4 is 23.5 Å². The maximum atomic E-state index is 12.2. The molecule has 154 valence electrons. The van der Waals surface area contributed by atoms with Crippen LogP contribution in [0.5, 0.6) is 0 Å². The molecule has 0 radical (unpaired) electrons. The lowest BCUT2D eigenvalue weighted by molar-refractivity contribution is -0.140. The molecule has 1 aliphatic heterocycles. The van der Waals surface area contributed by atoms with Crippen molar-refractivity contribution in [2.75, 3.05) is 38.2 Å². The molecule has 1 fully saturated rings. The van der Waals surface area contributed by atoms with Gasteiger partial charge in [-0.2, -0.15) is 0 Å². The first-order chi connectivity index (χ1) is 13.5. The summed E-state index contributed by atoms with van der Waals surface area (Å²) in [6, 6.07) is 10.0. The zero-order valence-corrected chi connectivity index (χ0v) is 16.9. The van der Waals surface area contributed by atoms with E-state index in [1.54, 1.807) is 6.92 Å². The molecule has 1 aromatic rings. The third-order valence-corrected chi connectivity index (χ3v) is 5.06. The molecule has 7 heteroatoms. The summed E-state index contributed by atoms with van der Waals surface area (Å²) in [5.74, 6) is -0.250. The molecule has 1 N–H and O–H groups in total. The lowest BCUT2D eigenvalue weighted by Gasteiger charge is -2.38. The topological polar surface area (TPSA) is 79.0 Å². The van der Waals surface area contributed by atoms with Gasteiger partial charge in [0.25, 0.3) is 0 Å². The van der Waals surface area contributed by atoms with Crippen LogP contribution >= 0.6 is 0 Å². The summed E-state index contributed by atoms with van der Waals surface area (Å²) >= 11 is 0. The smallest absolute Gasteiger partial charge is 0.305 e. The normalized spacial score (nSPS) is 15.1. The van der Waals surface area contributed by atoms with Crippen LogP contribution in [0.2, 0.25) is 0 Å². The van der Waals surface area contributed by atoms with E-state index in [0.29, 0.717) is 19.4 Å². The molecule has 7 nitrogen and oxygen atoms in total. The van der Waals surface area contributed by atoms with Crippen molar-refractivity contribution in [2.45, 2.75) is 45.1 Å². The van der Waals surface area contributed by atoms with Gasteiger partial charge in [0.15, 0.2) is 0 Å². The Morgan fingerprint density at radius 2 is 1.82 bits per heavy atom. The first-order valence-corrected chi connectivity index (χ1v) is 9.92. The molecule has 0 aromatic heterocycles. The zero-order valence-electron chi connectivity index (χ0n) is 16.9. The Morgan fingerprint density at radius 3 is 2.43 bits per heavy atom. The molecule has 1 saturated heterocycles.